The van der Waals surface area contributed by atoms with Crippen molar-refractivity contribution in [1.82, 2.24) is 25.7 Å². The quantitative estimate of drug-likeness (QED) is 0.234. The first-order chi connectivity index (χ1) is 22.0. The topological polar surface area (TPSA) is 110 Å². The lowest BCUT2D eigenvalue weighted by Gasteiger charge is -2.32. The van der Waals surface area contributed by atoms with Crippen molar-refractivity contribution in [3.05, 3.63) is 101 Å². The Balaban J connectivity index is 1.20. The molecule has 12 heteroatoms. The van der Waals surface area contributed by atoms with Gasteiger partial charge in [0.1, 0.15) is 5.75 Å². The maximum Gasteiger partial charge on any atom is 0.573 e. The van der Waals surface area contributed by atoms with E-state index >= 15 is 0 Å². The van der Waals surface area contributed by atoms with Gasteiger partial charge in [-0.3, -0.25) is 14.5 Å². The van der Waals surface area contributed by atoms with Gasteiger partial charge in [0.15, 0.2) is 5.82 Å². The predicted molar refractivity (Wildman–Crippen MR) is 162 cm³/mol. The van der Waals surface area contributed by atoms with Gasteiger partial charge in [-0.2, -0.15) is 4.98 Å². The molecule has 1 fully saturated rings. The molecular weight excluding hydrogens is 599 g/mol. The summed E-state index contributed by atoms with van der Waals surface area (Å²) in [7, 11) is 0. The number of carbonyl (C=O) groups excluding carboxylic acids is 2. The summed E-state index contributed by atoms with van der Waals surface area (Å²) in [5.41, 5.74) is 5.17. The highest BCUT2D eigenvalue weighted by molar-refractivity contribution is 5.82. The molecule has 1 aliphatic carbocycles. The lowest BCUT2D eigenvalue weighted by molar-refractivity contribution is -0.274. The van der Waals surface area contributed by atoms with Gasteiger partial charge in [0, 0.05) is 19.6 Å². The molecule has 1 saturated carbocycles. The number of ether oxygens (including phenoxy) is 1. The normalized spacial score (nSPS) is 18.4. The lowest BCUT2D eigenvalue weighted by Crippen LogP contribution is -2.41. The van der Waals surface area contributed by atoms with Crippen molar-refractivity contribution < 1.29 is 32.0 Å². The first-order valence-electron chi connectivity index (χ1n) is 15.2. The Bertz CT molecular complexity index is 1730. The minimum atomic E-state index is -4.80. The van der Waals surface area contributed by atoms with Crippen LogP contribution in [0.3, 0.4) is 0 Å². The third-order valence-corrected chi connectivity index (χ3v) is 8.45. The van der Waals surface area contributed by atoms with Crippen molar-refractivity contribution in [3.8, 4) is 16.9 Å². The molecule has 240 valence electrons. The van der Waals surface area contributed by atoms with E-state index in [1.165, 1.54) is 18.2 Å². The van der Waals surface area contributed by atoms with Crippen LogP contribution in [0, 0.1) is 12.8 Å². The largest absolute Gasteiger partial charge is 0.573 e. The second-order valence-corrected chi connectivity index (χ2v) is 11.8. The third kappa shape index (κ3) is 7.39. The van der Waals surface area contributed by atoms with Gasteiger partial charge in [0.2, 0.25) is 17.7 Å². The van der Waals surface area contributed by atoms with Crippen molar-refractivity contribution in [2.75, 3.05) is 13.1 Å². The van der Waals surface area contributed by atoms with E-state index < -0.39 is 6.36 Å². The first-order valence-corrected chi connectivity index (χ1v) is 15.2. The molecule has 4 aromatic rings. The number of nitrogens with zero attached hydrogens (tertiary/aromatic N) is 3. The van der Waals surface area contributed by atoms with Crippen LogP contribution in [0.4, 0.5) is 13.2 Å². The fourth-order valence-corrected chi connectivity index (χ4v) is 6.08. The van der Waals surface area contributed by atoms with E-state index in [1.807, 2.05) is 54.3 Å². The van der Waals surface area contributed by atoms with Crippen molar-refractivity contribution in [1.29, 1.82) is 0 Å². The Kier molecular flexibility index (Phi) is 8.81. The van der Waals surface area contributed by atoms with Crippen LogP contribution in [-0.2, 0) is 29.1 Å². The molecule has 2 heterocycles. The van der Waals surface area contributed by atoms with Crippen LogP contribution >= 0.6 is 0 Å². The minimum absolute atomic E-state index is 0.101. The zero-order valence-electron chi connectivity index (χ0n) is 25.4. The van der Waals surface area contributed by atoms with E-state index in [4.69, 9.17) is 4.52 Å². The highest BCUT2D eigenvalue weighted by Gasteiger charge is 2.47. The monoisotopic (exact) mass is 633 g/mol. The van der Waals surface area contributed by atoms with Crippen LogP contribution < -0.4 is 15.4 Å². The number of amides is 2. The summed E-state index contributed by atoms with van der Waals surface area (Å²) in [5, 5.41) is 9.92. The number of nitrogens with one attached hydrogen (secondary N) is 2. The van der Waals surface area contributed by atoms with Crippen molar-refractivity contribution in [2.24, 2.45) is 5.92 Å². The second-order valence-electron chi connectivity index (χ2n) is 11.8. The maximum absolute atomic E-state index is 13.0. The zero-order valence-corrected chi connectivity index (χ0v) is 25.4. The Morgan fingerprint density at radius 2 is 1.89 bits per heavy atom. The molecule has 3 aromatic carbocycles. The van der Waals surface area contributed by atoms with Crippen LogP contribution in [0.1, 0.15) is 59.3 Å². The molecule has 9 nitrogen and oxygen atoms in total. The number of aryl methyl sites for hydroxylation is 1. The molecular formula is C34H34F3N5O4. The molecule has 0 saturated heterocycles. The molecule has 2 amide bonds. The molecule has 3 atom stereocenters. The van der Waals surface area contributed by atoms with E-state index in [9.17, 15) is 22.8 Å². The van der Waals surface area contributed by atoms with Gasteiger partial charge >= 0.3 is 6.36 Å². The summed E-state index contributed by atoms with van der Waals surface area (Å²) in [5.74, 6) is 0.111. The first kappa shape index (κ1) is 31.3. The SMILES string of the molecule is Cc1noc([C@@H]2C[C@H]2C(=O)NCc2ccc(-c3cccc(OC(F)(F)F)c3)c3c2CN(CC(=O)NC(C)c2ccccc2)CC3)n1. The summed E-state index contributed by atoms with van der Waals surface area (Å²) < 4.78 is 48.3. The van der Waals surface area contributed by atoms with E-state index in [2.05, 4.69) is 25.5 Å². The number of aromatic nitrogens is 2. The third-order valence-electron chi connectivity index (χ3n) is 8.45. The summed E-state index contributed by atoms with van der Waals surface area (Å²) in [6.45, 7) is 5.12. The summed E-state index contributed by atoms with van der Waals surface area (Å²) in [6.07, 6.45) is -3.60. The van der Waals surface area contributed by atoms with Crippen LogP contribution in [0.2, 0.25) is 0 Å². The molecule has 0 bridgehead atoms. The number of halogens is 3. The Morgan fingerprint density at radius 3 is 2.63 bits per heavy atom. The highest BCUT2D eigenvalue weighted by Crippen LogP contribution is 2.47. The average Bonchev–Trinajstić information content (AvgIpc) is 3.71. The van der Waals surface area contributed by atoms with E-state index in [1.54, 1.807) is 13.0 Å². The number of rotatable bonds is 10. The zero-order chi connectivity index (χ0) is 32.4. The fourth-order valence-electron chi connectivity index (χ4n) is 6.08. The van der Waals surface area contributed by atoms with Gasteiger partial charge in [-0.1, -0.05) is 59.8 Å². The van der Waals surface area contributed by atoms with Gasteiger partial charge < -0.3 is 19.9 Å². The molecule has 2 aliphatic rings. The summed E-state index contributed by atoms with van der Waals surface area (Å²) in [4.78, 5) is 32.4. The van der Waals surface area contributed by atoms with Gasteiger partial charge in [0.25, 0.3) is 0 Å². The lowest BCUT2D eigenvalue weighted by atomic mass is 9.87. The van der Waals surface area contributed by atoms with Crippen LogP contribution in [0.5, 0.6) is 5.75 Å². The highest BCUT2D eigenvalue weighted by atomic mass is 19.4. The molecule has 2 N–H and O–H groups in total. The molecule has 1 unspecified atom stereocenters. The van der Waals surface area contributed by atoms with Crippen molar-refractivity contribution in [2.45, 2.75) is 58.1 Å². The van der Waals surface area contributed by atoms with Crippen molar-refractivity contribution in [3.63, 3.8) is 0 Å². The van der Waals surface area contributed by atoms with E-state index in [-0.39, 0.29) is 48.5 Å². The van der Waals surface area contributed by atoms with Crippen molar-refractivity contribution >= 4 is 11.8 Å². The molecule has 0 radical (unpaired) electrons. The molecule has 0 spiro atoms. The number of fused-ring (bicyclic) bond motifs is 1. The van der Waals surface area contributed by atoms with Gasteiger partial charge in [0.05, 0.1) is 24.4 Å². The van der Waals surface area contributed by atoms with E-state index in [0.29, 0.717) is 43.2 Å². The average molecular weight is 634 g/mol. The van der Waals surface area contributed by atoms with Crippen LogP contribution in [-0.4, -0.2) is 46.3 Å². The molecule has 6 rings (SSSR count). The van der Waals surface area contributed by atoms with Crippen LogP contribution in [0.25, 0.3) is 11.1 Å². The number of benzene rings is 3. The van der Waals surface area contributed by atoms with Gasteiger partial charge in [-0.25, -0.2) is 0 Å². The summed E-state index contributed by atoms with van der Waals surface area (Å²) >= 11 is 0. The maximum atomic E-state index is 13.0. The standard InChI is InChI=1S/C34H34F3N5O4/c1-20(22-7-4-3-5-8-22)39-31(43)19-42-14-13-27-26(23-9-6-10-25(15-23)45-34(35,36)37)12-11-24(30(27)18-42)17-38-32(44)28-16-29(28)33-40-21(2)41-46-33/h3-12,15,20,28-29H,13-14,16-19H2,1-2H3,(H,38,44)(H,39,43)/t20?,28-,29-/m1/s1. The number of hydrogen-bond donors (Lipinski definition) is 2. The number of alkyl halides is 3. The van der Waals surface area contributed by atoms with Gasteiger partial charge in [-0.15, -0.1) is 13.2 Å². The van der Waals surface area contributed by atoms with E-state index in [0.717, 1.165) is 27.8 Å². The number of hydrogen-bond acceptors (Lipinski definition) is 7. The Hall–Kier alpha value is -4.71. The molecule has 46 heavy (non-hydrogen) atoms. The number of carbonyl (C=O) groups is 2. The fraction of sp³-hybridized carbons (Fsp3) is 0.353. The molecule has 1 aliphatic heterocycles. The van der Waals surface area contributed by atoms with Crippen LogP contribution in [0.15, 0.2) is 71.3 Å². The molecule has 1 aromatic heterocycles. The predicted octanol–water partition coefficient (Wildman–Crippen LogP) is 5.60. The summed E-state index contributed by atoms with van der Waals surface area (Å²) in [6, 6.07) is 19.2. The van der Waals surface area contributed by atoms with Gasteiger partial charge in [-0.05, 0) is 72.2 Å². The Labute approximate surface area is 264 Å². The Morgan fingerprint density at radius 1 is 1.09 bits per heavy atom. The smallest absolute Gasteiger partial charge is 0.406 e. The second kappa shape index (κ2) is 13.0. The minimum Gasteiger partial charge on any atom is -0.406 e.